The van der Waals surface area contributed by atoms with Gasteiger partial charge in [0.25, 0.3) is 5.91 Å². The van der Waals surface area contributed by atoms with Crippen LogP contribution in [0.3, 0.4) is 0 Å². The summed E-state index contributed by atoms with van der Waals surface area (Å²) in [4.78, 5) is 10.8. The van der Waals surface area contributed by atoms with Gasteiger partial charge in [-0.15, -0.1) is 4.36 Å². The summed E-state index contributed by atoms with van der Waals surface area (Å²) in [6, 6.07) is 0. The zero-order valence-electron chi connectivity index (χ0n) is 5.36. The van der Waals surface area contributed by atoms with Crippen molar-refractivity contribution in [2.45, 2.75) is 6.42 Å². The Morgan fingerprint density at radius 3 is 2.90 bits per heavy atom. The van der Waals surface area contributed by atoms with Gasteiger partial charge in [0.05, 0.1) is 5.92 Å². The number of hydrogen-bond donors (Lipinski definition) is 0. The summed E-state index contributed by atoms with van der Waals surface area (Å²) in [7, 11) is 0. The van der Waals surface area contributed by atoms with Crippen molar-refractivity contribution in [2.75, 3.05) is 0 Å². The van der Waals surface area contributed by atoms with Crippen molar-refractivity contribution in [3.63, 3.8) is 0 Å². The smallest absolute Gasteiger partial charge is 0.264 e. The molecular weight excluding hydrogens is 146 g/mol. The quantitative estimate of drug-likeness (QED) is 0.569. The second-order valence-electron chi connectivity index (χ2n) is 2.08. The van der Waals surface area contributed by atoms with Crippen LogP contribution in [0.15, 0.2) is 28.7 Å². The second kappa shape index (κ2) is 3.37. The molecule has 3 heteroatoms. The van der Waals surface area contributed by atoms with Crippen LogP contribution in [-0.4, -0.2) is 5.91 Å². The van der Waals surface area contributed by atoms with E-state index in [2.05, 4.69) is 16.8 Å². The summed E-state index contributed by atoms with van der Waals surface area (Å²) in [6.45, 7) is 0. The molecule has 0 saturated carbocycles. The lowest BCUT2D eigenvalue weighted by atomic mass is 10.0. The standard InChI is InChI=1S/C7H7NOS/c9-7(8-10)6-4-2-1-3-5-6/h1-4,6H,5H2. The van der Waals surface area contributed by atoms with Crippen molar-refractivity contribution in [2.24, 2.45) is 10.3 Å². The van der Waals surface area contributed by atoms with Gasteiger partial charge in [-0.3, -0.25) is 4.79 Å². The Morgan fingerprint density at radius 1 is 1.60 bits per heavy atom. The third kappa shape index (κ3) is 1.57. The molecule has 2 nitrogen and oxygen atoms in total. The summed E-state index contributed by atoms with van der Waals surface area (Å²) in [5.41, 5.74) is 0. The van der Waals surface area contributed by atoms with Crippen LogP contribution in [0, 0.1) is 5.92 Å². The minimum Gasteiger partial charge on any atom is -0.271 e. The highest BCUT2D eigenvalue weighted by Crippen LogP contribution is 2.12. The third-order valence-electron chi connectivity index (χ3n) is 1.39. The van der Waals surface area contributed by atoms with Gasteiger partial charge in [0.2, 0.25) is 0 Å². The molecule has 1 aliphatic rings. The van der Waals surface area contributed by atoms with Crippen molar-refractivity contribution in [1.29, 1.82) is 0 Å². The average Bonchev–Trinajstić information content (AvgIpc) is 2.05. The van der Waals surface area contributed by atoms with E-state index in [-0.39, 0.29) is 11.8 Å². The number of carbonyl (C=O) groups excluding carboxylic acids is 1. The Bertz CT molecular complexity index is 208. The van der Waals surface area contributed by atoms with Gasteiger partial charge in [0, 0.05) is 12.4 Å². The maximum absolute atomic E-state index is 10.8. The molecule has 0 saturated heterocycles. The maximum Gasteiger partial charge on any atom is 0.264 e. The molecule has 0 radical (unpaired) electrons. The van der Waals surface area contributed by atoms with Crippen LogP contribution in [0.1, 0.15) is 6.42 Å². The van der Waals surface area contributed by atoms with Gasteiger partial charge < -0.3 is 0 Å². The summed E-state index contributed by atoms with van der Waals surface area (Å²) in [5.74, 6) is -0.321. The van der Waals surface area contributed by atoms with Gasteiger partial charge >= 0.3 is 0 Å². The molecule has 0 heterocycles. The number of hydrogen-bond acceptors (Lipinski definition) is 2. The van der Waals surface area contributed by atoms with E-state index in [1.165, 1.54) is 0 Å². The predicted molar refractivity (Wildman–Crippen MR) is 41.2 cm³/mol. The molecule has 0 bridgehead atoms. The van der Waals surface area contributed by atoms with Crippen LogP contribution in [0.2, 0.25) is 0 Å². The molecule has 1 atom stereocenters. The molecule has 1 aliphatic carbocycles. The minimum atomic E-state index is -0.212. The van der Waals surface area contributed by atoms with Crippen LogP contribution < -0.4 is 0 Å². The largest absolute Gasteiger partial charge is 0.271 e. The fourth-order valence-electron chi connectivity index (χ4n) is 0.831. The van der Waals surface area contributed by atoms with E-state index >= 15 is 0 Å². The Kier molecular flexibility index (Phi) is 2.45. The number of carbonyl (C=O) groups is 1. The fourth-order valence-corrected chi connectivity index (χ4v) is 0.967. The highest BCUT2D eigenvalue weighted by molar-refractivity contribution is 7.47. The van der Waals surface area contributed by atoms with E-state index in [1.807, 2.05) is 24.3 Å². The van der Waals surface area contributed by atoms with Gasteiger partial charge in [-0.1, -0.05) is 24.3 Å². The zero-order valence-corrected chi connectivity index (χ0v) is 6.17. The molecule has 0 aliphatic heterocycles. The summed E-state index contributed by atoms with van der Waals surface area (Å²) < 4.78 is 3.17. The Hall–Kier alpha value is -0.830. The van der Waals surface area contributed by atoms with Gasteiger partial charge in [-0.2, -0.15) is 0 Å². The van der Waals surface area contributed by atoms with Crippen molar-refractivity contribution >= 4 is 18.3 Å². The number of allylic oxidation sites excluding steroid dienone is 3. The number of amides is 1. The molecular formula is C7H7NOS. The van der Waals surface area contributed by atoms with Crippen LogP contribution >= 0.6 is 0 Å². The molecule has 0 N–H and O–H groups in total. The lowest BCUT2D eigenvalue weighted by Crippen LogP contribution is -2.08. The van der Waals surface area contributed by atoms with Gasteiger partial charge in [0.1, 0.15) is 0 Å². The molecule has 10 heavy (non-hydrogen) atoms. The van der Waals surface area contributed by atoms with Gasteiger partial charge in [-0.25, -0.2) is 0 Å². The van der Waals surface area contributed by atoms with E-state index < -0.39 is 0 Å². The first kappa shape index (κ1) is 7.28. The summed E-state index contributed by atoms with van der Waals surface area (Å²) in [6.07, 6.45) is 8.23. The molecule has 0 aromatic carbocycles. The molecule has 0 aromatic heterocycles. The minimum absolute atomic E-state index is 0.109. The van der Waals surface area contributed by atoms with Crippen LogP contribution in [0.25, 0.3) is 0 Å². The third-order valence-corrected chi connectivity index (χ3v) is 1.57. The van der Waals surface area contributed by atoms with Crippen LogP contribution in [-0.2, 0) is 17.2 Å². The highest BCUT2D eigenvalue weighted by Gasteiger charge is 2.13. The Morgan fingerprint density at radius 2 is 2.40 bits per heavy atom. The van der Waals surface area contributed by atoms with Crippen molar-refractivity contribution in [1.82, 2.24) is 0 Å². The molecule has 0 spiro atoms. The molecule has 1 rings (SSSR count). The molecule has 1 amide bonds. The topological polar surface area (TPSA) is 29.4 Å². The Balaban J connectivity index is 2.59. The normalized spacial score (nSPS) is 22.6. The van der Waals surface area contributed by atoms with Crippen molar-refractivity contribution in [3.05, 3.63) is 24.3 Å². The highest BCUT2D eigenvalue weighted by atomic mass is 32.1. The first-order chi connectivity index (χ1) is 4.84. The van der Waals surface area contributed by atoms with Crippen LogP contribution in [0.4, 0.5) is 0 Å². The van der Waals surface area contributed by atoms with E-state index in [4.69, 9.17) is 0 Å². The molecule has 0 fully saturated rings. The first-order valence-electron chi connectivity index (χ1n) is 3.05. The molecule has 1 unspecified atom stereocenters. The lowest BCUT2D eigenvalue weighted by Gasteiger charge is -2.05. The van der Waals surface area contributed by atoms with Gasteiger partial charge in [-0.05, 0) is 6.42 Å². The number of rotatable bonds is 1. The van der Waals surface area contributed by atoms with Gasteiger partial charge in [0.15, 0.2) is 0 Å². The molecule has 0 aromatic rings. The van der Waals surface area contributed by atoms with E-state index in [0.717, 1.165) is 6.42 Å². The van der Waals surface area contributed by atoms with E-state index in [9.17, 15) is 4.79 Å². The fraction of sp³-hybridized carbons (Fsp3) is 0.286. The molecule has 52 valence electrons. The summed E-state index contributed by atoms with van der Waals surface area (Å²) in [5, 5.41) is 0. The van der Waals surface area contributed by atoms with Crippen molar-refractivity contribution in [3.8, 4) is 0 Å². The lowest BCUT2D eigenvalue weighted by molar-refractivity contribution is -0.119. The SMILES string of the molecule is O=C(N=S)C1C=CC=CC1. The second-order valence-corrected chi connectivity index (χ2v) is 2.27. The monoisotopic (exact) mass is 153 g/mol. The number of nitrogens with zero attached hydrogens (tertiary/aromatic N) is 1. The maximum atomic E-state index is 10.8. The zero-order chi connectivity index (χ0) is 7.40. The summed E-state index contributed by atoms with van der Waals surface area (Å²) >= 11 is 4.27. The first-order valence-corrected chi connectivity index (χ1v) is 3.41. The van der Waals surface area contributed by atoms with Crippen LogP contribution in [0.5, 0.6) is 0 Å². The average molecular weight is 153 g/mol. The van der Waals surface area contributed by atoms with Crippen molar-refractivity contribution < 1.29 is 4.79 Å². The van der Waals surface area contributed by atoms with E-state index in [0.29, 0.717) is 0 Å². The Labute approximate surface area is 64.8 Å². The predicted octanol–water partition coefficient (Wildman–Crippen LogP) is 1.38. The van der Waals surface area contributed by atoms with E-state index in [1.54, 1.807) is 0 Å².